The summed E-state index contributed by atoms with van der Waals surface area (Å²) in [5.74, 6) is -0.386. The minimum absolute atomic E-state index is 0.295. The molecule has 10 heteroatoms. The highest BCUT2D eigenvalue weighted by Gasteiger charge is 2.19. The number of carbonyl (C=O) groups is 2. The summed E-state index contributed by atoms with van der Waals surface area (Å²) in [5.41, 5.74) is 3.01. The molecule has 0 saturated heterocycles. The zero-order valence-corrected chi connectivity index (χ0v) is 21.2. The van der Waals surface area contributed by atoms with Gasteiger partial charge in [-0.2, -0.15) is 5.10 Å². The molecule has 1 N–H and O–H groups in total. The van der Waals surface area contributed by atoms with Crippen LogP contribution in [0, 0.1) is 0 Å². The van der Waals surface area contributed by atoms with Crippen molar-refractivity contribution in [2.75, 3.05) is 0 Å². The molecule has 0 aliphatic heterocycles. The first-order valence-electron chi connectivity index (χ1n) is 10.3. The fourth-order valence-corrected chi connectivity index (χ4v) is 4.87. The Morgan fingerprint density at radius 3 is 2.60 bits per heavy atom. The second kappa shape index (κ2) is 11.1. The molecule has 1 aromatic heterocycles. The van der Waals surface area contributed by atoms with Crippen molar-refractivity contribution in [2.24, 2.45) is 5.10 Å². The van der Waals surface area contributed by atoms with Crippen LogP contribution in [0.4, 0.5) is 0 Å². The van der Waals surface area contributed by atoms with E-state index in [0.29, 0.717) is 37.0 Å². The maximum absolute atomic E-state index is 12.7. The summed E-state index contributed by atoms with van der Waals surface area (Å²) in [7, 11) is 0. The van der Waals surface area contributed by atoms with Crippen molar-refractivity contribution >= 4 is 74.3 Å². The topological polar surface area (TPSA) is 77.0 Å². The first kappa shape index (κ1) is 25.0. The number of hydrazone groups is 1. The van der Waals surface area contributed by atoms with Crippen molar-refractivity contribution < 1.29 is 19.1 Å². The number of hydrogen-bond acceptors (Lipinski definition) is 6. The first-order valence-corrected chi connectivity index (χ1v) is 12.2. The number of benzene rings is 3. The van der Waals surface area contributed by atoms with Crippen molar-refractivity contribution in [3.8, 4) is 11.5 Å². The van der Waals surface area contributed by atoms with E-state index in [1.165, 1.54) is 23.6 Å². The molecule has 178 valence electrons. The number of fused-ring (bicyclic) bond motifs is 1. The van der Waals surface area contributed by atoms with Gasteiger partial charge in [0.15, 0.2) is 6.10 Å². The standard InChI is InChI=1S/C25H17Cl3N2O4S/c1-14(33-20-10-9-16(26)12-19(20)27)24(31)30-29-13-15-5-4-6-17(11-15)34-25(32)23-22(28)18-7-2-3-8-21(18)35-23/h2-14H,1H3,(H,30,31)/b29-13-/t14-/m0/s1. The molecule has 1 atom stereocenters. The summed E-state index contributed by atoms with van der Waals surface area (Å²) in [6, 6.07) is 18.9. The Morgan fingerprint density at radius 1 is 1.03 bits per heavy atom. The quantitative estimate of drug-likeness (QED) is 0.117. The minimum Gasteiger partial charge on any atom is -0.479 e. The fourth-order valence-electron chi connectivity index (χ4n) is 3.03. The van der Waals surface area contributed by atoms with Crippen LogP contribution in [-0.4, -0.2) is 24.2 Å². The van der Waals surface area contributed by atoms with Crippen LogP contribution in [-0.2, 0) is 4.79 Å². The van der Waals surface area contributed by atoms with Crippen LogP contribution in [0.15, 0.2) is 71.8 Å². The lowest BCUT2D eigenvalue weighted by molar-refractivity contribution is -0.127. The molecule has 6 nitrogen and oxygen atoms in total. The van der Waals surface area contributed by atoms with Crippen molar-refractivity contribution in [1.82, 2.24) is 5.43 Å². The van der Waals surface area contributed by atoms with Gasteiger partial charge in [0.05, 0.1) is 16.3 Å². The molecule has 0 aliphatic rings. The molecule has 0 aliphatic carbocycles. The summed E-state index contributed by atoms with van der Waals surface area (Å²) in [6.45, 7) is 1.56. The highest BCUT2D eigenvalue weighted by atomic mass is 35.5. The van der Waals surface area contributed by atoms with Crippen molar-refractivity contribution in [1.29, 1.82) is 0 Å². The Bertz CT molecular complexity index is 1440. The smallest absolute Gasteiger partial charge is 0.355 e. The van der Waals surface area contributed by atoms with Gasteiger partial charge in [-0.05, 0) is 48.9 Å². The van der Waals surface area contributed by atoms with E-state index in [1.54, 1.807) is 43.3 Å². The van der Waals surface area contributed by atoms with E-state index < -0.39 is 18.0 Å². The SMILES string of the molecule is C[C@H](Oc1ccc(Cl)cc1Cl)C(=O)N/N=C\c1cccc(OC(=O)c2sc3ccccc3c2Cl)c1. The third kappa shape index (κ3) is 6.13. The second-order valence-electron chi connectivity index (χ2n) is 7.27. The van der Waals surface area contributed by atoms with E-state index in [2.05, 4.69) is 10.5 Å². The molecule has 1 heterocycles. The summed E-state index contributed by atoms with van der Waals surface area (Å²) in [4.78, 5) is 25.3. The lowest BCUT2D eigenvalue weighted by Gasteiger charge is -2.14. The number of halogens is 3. The molecule has 3 aromatic carbocycles. The van der Waals surface area contributed by atoms with Crippen LogP contribution >= 0.6 is 46.1 Å². The predicted octanol–water partition coefficient (Wildman–Crippen LogP) is 7.00. The Balaban J connectivity index is 1.36. The minimum atomic E-state index is -0.857. The van der Waals surface area contributed by atoms with Crippen LogP contribution in [0.1, 0.15) is 22.2 Å². The molecule has 35 heavy (non-hydrogen) atoms. The number of ether oxygens (including phenoxy) is 2. The molecule has 4 rings (SSSR count). The molecule has 0 spiro atoms. The number of thiophene rings is 1. The molecule has 0 unspecified atom stereocenters. The van der Waals surface area contributed by atoms with E-state index in [4.69, 9.17) is 44.3 Å². The largest absolute Gasteiger partial charge is 0.479 e. The molecular formula is C25H17Cl3N2O4S. The van der Waals surface area contributed by atoms with Crippen molar-refractivity contribution in [2.45, 2.75) is 13.0 Å². The summed E-state index contributed by atoms with van der Waals surface area (Å²) < 4.78 is 12.0. The zero-order chi connectivity index (χ0) is 24.9. The van der Waals surface area contributed by atoms with Crippen LogP contribution in [0.5, 0.6) is 11.5 Å². The Hall–Kier alpha value is -3.10. The molecule has 0 radical (unpaired) electrons. The highest BCUT2D eigenvalue weighted by molar-refractivity contribution is 7.21. The zero-order valence-electron chi connectivity index (χ0n) is 18.1. The van der Waals surface area contributed by atoms with Crippen molar-refractivity contribution in [3.63, 3.8) is 0 Å². The van der Waals surface area contributed by atoms with Gasteiger partial charge in [0.25, 0.3) is 5.91 Å². The van der Waals surface area contributed by atoms with Gasteiger partial charge in [-0.3, -0.25) is 4.79 Å². The number of amides is 1. The summed E-state index contributed by atoms with van der Waals surface area (Å²) in [6.07, 6.45) is 0.563. The third-order valence-electron chi connectivity index (χ3n) is 4.74. The number of rotatable bonds is 7. The molecule has 0 bridgehead atoms. The van der Waals surface area contributed by atoms with Crippen LogP contribution in [0.3, 0.4) is 0 Å². The average molecular weight is 548 g/mol. The van der Waals surface area contributed by atoms with E-state index >= 15 is 0 Å². The number of esters is 1. The predicted molar refractivity (Wildman–Crippen MR) is 141 cm³/mol. The van der Waals surface area contributed by atoms with Gasteiger partial charge in [-0.1, -0.05) is 65.1 Å². The van der Waals surface area contributed by atoms with E-state index in [-0.39, 0.29) is 0 Å². The van der Waals surface area contributed by atoms with E-state index in [0.717, 1.165) is 10.1 Å². The molecule has 0 saturated carbocycles. The monoisotopic (exact) mass is 546 g/mol. The molecule has 4 aromatic rings. The normalized spacial score (nSPS) is 12.0. The van der Waals surface area contributed by atoms with Gasteiger partial charge in [0.1, 0.15) is 16.4 Å². The van der Waals surface area contributed by atoms with Crippen molar-refractivity contribution in [3.05, 3.63) is 92.2 Å². The van der Waals surface area contributed by atoms with Gasteiger partial charge in [-0.25, -0.2) is 10.2 Å². The van der Waals surface area contributed by atoms with Gasteiger partial charge >= 0.3 is 5.97 Å². The second-order valence-corrected chi connectivity index (χ2v) is 9.55. The fraction of sp³-hybridized carbons (Fsp3) is 0.0800. The molecular weight excluding hydrogens is 531 g/mol. The summed E-state index contributed by atoms with van der Waals surface area (Å²) >= 11 is 19.6. The van der Waals surface area contributed by atoms with Gasteiger partial charge in [0, 0.05) is 15.1 Å². The van der Waals surface area contributed by atoms with Crippen LogP contribution < -0.4 is 14.9 Å². The first-order chi connectivity index (χ1) is 16.8. The number of nitrogens with one attached hydrogen (secondary N) is 1. The van der Waals surface area contributed by atoms with Crippen LogP contribution in [0.25, 0.3) is 10.1 Å². The highest BCUT2D eigenvalue weighted by Crippen LogP contribution is 2.35. The number of carbonyl (C=O) groups excluding carboxylic acids is 2. The maximum Gasteiger partial charge on any atom is 0.355 e. The van der Waals surface area contributed by atoms with Gasteiger partial charge in [0.2, 0.25) is 0 Å². The maximum atomic E-state index is 12.7. The molecule has 0 fully saturated rings. The Kier molecular flexibility index (Phi) is 7.93. The summed E-state index contributed by atoms with van der Waals surface area (Å²) in [5, 5.41) is 5.87. The van der Waals surface area contributed by atoms with Crippen LogP contribution in [0.2, 0.25) is 15.1 Å². The molecule has 1 amide bonds. The third-order valence-corrected chi connectivity index (χ3v) is 6.93. The average Bonchev–Trinajstić information content (AvgIpc) is 3.18. The lowest BCUT2D eigenvalue weighted by Crippen LogP contribution is -2.33. The van der Waals surface area contributed by atoms with E-state index in [1.807, 2.05) is 24.3 Å². The Labute approximate surface area is 220 Å². The lowest BCUT2D eigenvalue weighted by atomic mass is 10.2. The number of hydrogen-bond donors (Lipinski definition) is 1. The van der Waals surface area contributed by atoms with E-state index in [9.17, 15) is 9.59 Å². The van der Waals surface area contributed by atoms with Gasteiger partial charge < -0.3 is 9.47 Å². The Morgan fingerprint density at radius 2 is 1.83 bits per heavy atom. The number of nitrogens with zero attached hydrogens (tertiary/aromatic N) is 1. The van der Waals surface area contributed by atoms with Gasteiger partial charge in [-0.15, -0.1) is 11.3 Å².